The number of hydrogen-bond acceptors (Lipinski definition) is 0. The summed E-state index contributed by atoms with van der Waals surface area (Å²) in [6, 6.07) is 0. The van der Waals surface area contributed by atoms with Gasteiger partial charge >= 0.3 is 90.2 Å². The monoisotopic (exact) mass is 309 g/mol. The molecule has 0 atom stereocenters. The Labute approximate surface area is 114 Å². The molecule has 2 aliphatic rings. The predicted octanol–water partition coefficient (Wildman–Crippen LogP) is 4.17. The van der Waals surface area contributed by atoms with Gasteiger partial charge in [0.15, 0.2) is 0 Å². The van der Waals surface area contributed by atoms with E-state index < -0.39 is 0 Å². The molecule has 1 fully saturated rings. The minimum absolute atomic E-state index is 0. The molecule has 79 valence electrons. The van der Waals surface area contributed by atoms with Gasteiger partial charge in [0.2, 0.25) is 0 Å². The Morgan fingerprint density at radius 1 is 1.07 bits per heavy atom. The summed E-state index contributed by atoms with van der Waals surface area (Å²) in [5.41, 5.74) is 1.72. The van der Waals surface area contributed by atoms with Crippen LogP contribution in [0.2, 0.25) is 0 Å². The number of allylic oxidation sites excluding steroid dienone is 4. The maximum absolute atomic E-state index is 2.39. The molecule has 0 aromatic heterocycles. The Kier molecular flexibility index (Phi) is 7.74. The van der Waals surface area contributed by atoms with Crippen LogP contribution in [-0.4, -0.2) is 0 Å². The molecule has 0 aromatic rings. The third kappa shape index (κ3) is 3.51. The molecule has 1 saturated carbocycles. The molecule has 3 heteroatoms. The van der Waals surface area contributed by atoms with Gasteiger partial charge in [0.05, 0.1) is 0 Å². The van der Waals surface area contributed by atoms with Gasteiger partial charge in [-0.3, -0.25) is 0 Å². The second-order valence-electron chi connectivity index (χ2n) is 3.88. The molecule has 14 heavy (non-hydrogen) atoms. The fraction of sp³-hybridized carbons (Fsp3) is 0.636. The Morgan fingerprint density at radius 3 is 2.21 bits per heavy atom. The summed E-state index contributed by atoms with van der Waals surface area (Å²) in [5.74, 6) is 0.937. The fourth-order valence-electron chi connectivity index (χ4n) is 2.32. The van der Waals surface area contributed by atoms with Crippen LogP contribution in [0.1, 0.15) is 38.5 Å². The molecule has 0 radical (unpaired) electrons. The van der Waals surface area contributed by atoms with Crippen LogP contribution in [0.4, 0.5) is 0 Å². The number of halogens is 2. The molecule has 0 saturated heterocycles. The molecule has 0 nitrogen and oxygen atoms in total. The topological polar surface area (TPSA) is 0 Å². The Balaban J connectivity index is 0.000000845. The first-order valence-corrected chi connectivity index (χ1v) is 6.22. The molecular formula is C11H17Cl2Zr. The summed E-state index contributed by atoms with van der Waals surface area (Å²) in [5, 5.41) is 0. The molecule has 2 rings (SSSR count). The quantitative estimate of drug-likeness (QED) is 0.682. The van der Waals surface area contributed by atoms with E-state index in [0.717, 1.165) is 5.92 Å². The Bertz CT molecular complexity index is 227. The van der Waals surface area contributed by atoms with Gasteiger partial charge in [-0.15, -0.1) is 24.8 Å². The van der Waals surface area contributed by atoms with Crippen molar-refractivity contribution >= 4 is 24.8 Å². The molecule has 0 aromatic carbocycles. The van der Waals surface area contributed by atoms with E-state index in [1.165, 1.54) is 38.5 Å². The van der Waals surface area contributed by atoms with Crippen molar-refractivity contribution in [3.8, 4) is 0 Å². The van der Waals surface area contributed by atoms with Gasteiger partial charge in [0.1, 0.15) is 0 Å². The predicted molar refractivity (Wildman–Crippen MR) is 61.9 cm³/mol. The second kappa shape index (κ2) is 7.26. The van der Waals surface area contributed by atoms with Crippen LogP contribution in [-0.2, 0) is 24.7 Å². The van der Waals surface area contributed by atoms with Crippen LogP contribution in [0.3, 0.4) is 0 Å². The molecule has 0 bridgehead atoms. The van der Waals surface area contributed by atoms with Crippen LogP contribution < -0.4 is 0 Å². The number of hydrogen-bond donors (Lipinski definition) is 0. The van der Waals surface area contributed by atoms with E-state index in [9.17, 15) is 0 Å². The first-order valence-electron chi connectivity index (χ1n) is 4.99. The van der Waals surface area contributed by atoms with Gasteiger partial charge in [-0.1, -0.05) is 0 Å². The SMILES string of the molecule is Cl.Cl.[Zr][C]1=C(C2CCCCC2)C=CC1. The van der Waals surface area contributed by atoms with Crippen LogP contribution in [0.25, 0.3) is 0 Å². The molecule has 0 spiro atoms. The van der Waals surface area contributed by atoms with Crippen molar-refractivity contribution in [1.29, 1.82) is 0 Å². The summed E-state index contributed by atoms with van der Waals surface area (Å²) in [4.78, 5) is 0. The van der Waals surface area contributed by atoms with Crippen molar-refractivity contribution in [3.63, 3.8) is 0 Å². The first-order chi connectivity index (χ1) is 5.88. The van der Waals surface area contributed by atoms with E-state index in [0.29, 0.717) is 0 Å². The standard InChI is InChI=1S/C11H15.2ClH.Zr/c1-2-6-10(7-3-1)11-8-4-5-9-11;;;/h4,8,10H,1-3,5-7H2;2*1H;. The molecule has 0 unspecified atom stereocenters. The zero-order chi connectivity index (χ0) is 8.39. The van der Waals surface area contributed by atoms with Crippen LogP contribution in [0.15, 0.2) is 21.0 Å². The van der Waals surface area contributed by atoms with Crippen molar-refractivity contribution in [3.05, 3.63) is 21.0 Å². The summed E-state index contributed by atoms with van der Waals surface area (Å²) in [7, 11) is 0. The van der Waals surface area contributed by atoms with Gasteiger partial charge in [0.25, 0.3) is 0 Å². The average Bonchev–Trinajstić information content (AvgIpc) is 2.53. The van der Waals surface area contributed by atoms with Crippen LogP contribution >= 0.6 is 24.8 Å². The van der Waals surface area contributed by atoms with Crippen molar-refractivity contribution in [1.82, 2.24) is 0 Å². The Morgan fingerprint density at radius 2 is 1.71 bits per heavy atom. The zero-order valence-electron chi connectivity index (χ0n) is 8.29. The third-order valence-corrected chi connectivity index (χ3v) is 4.22. The van der Waals surface area contributed by atoms with Crippen molar-refractivity contribution in [2.24, 2.45) is 5.92 Å². The fourth-order valence-corrected chi connectivity index (χ4v) is 3.31. The van der Waals surface area contributed by atoms with Gasteiger partial charge in [-0.05, 0) is 0 Å². The second-order valence-corrected chi connectivity index (χ2v) is 5.36. The number of rotatable bonds is 1. The minimum atomic E-state index is 0. The zero-order valence-corrected chi connectivity index (χ0v) is 12.4. The molecule has 0 N–H and O–H groups in total. The summed E-state index contributed by atoms with van der Waals surface area (Å²) in [6.07, 6.45) is 13.3. The third-order valence-electron chi connectivity index (χ3n) is 3.01. The van der Waals surface area contributed by atoms with E-state index in [1.54, 1.807) is 33.6 Å². The normalized spacial score (nSPS) is 21.6. The van der Waals surface area contributed by atoms with E-state index >= 15 is 0 Å². The van der Waals surface area contributed by atoms with E-state index in [2.05, 4.69) is 12.2 Å². The van der Waals surface area contributed by atoms with E-state index in [1.807, 2.05) is 0 Å². The molecule has 0 amide bonds. The molecular weight excluding hydrogens is 294 g/mol. The Hall–Kier alpha value is 0.943. The molecule has 2 aliphatic carbocycles. The maximum atomic E-state index is 2.39. The summed E-state index contributed by atoms with van der Waals surface area (Å²) >= 11 is 1.64. The molecule has 0 aliphatic heterocycles. The van der Waals surface area contributed by atoms with Gasteiger partial charge in [-0.25, -0.2) is 0 Å². The average molecular weight is 311 g/mol. The summed E-state index contributed by atoms with van der Waals surface area (Å²) in [6.45, 7) is 0. The van der Waals surface area contributed by atoms with Gasteiger partial charge in [0, 0.05) is 0 Å². The summed E-state index contributed by atoms with van der Waals surface area (Å²) < 4.78 is 1.72. The van der Waals surface area contributed by atoms with Crippen molar-refractivity contribution in [2.45, 2.75) is 38.5 Å². The van der Waals surface area contributed by atoms with Gasteiger partial charge in [-0.2, -0.15) is 0 Å². The first kappa shape index (κ1) is 14.9. The van der Waals surface area contributed by atoms with Crippen molar-refractivity contribution in [2.75, 3.05) is 0 Å². The van der Waals surface area contributed by atoms with E-state index in [-0.39, 0.29) is 24.8 Å². The van der Waals surface area contributed by atoms with E-state index in [4.69, 9.17) is 0 Å². The van der Waals surface area contributed by atoms with Crippen LogP contribution in [0.5, 0.6) is 0 Å². The van der Waals surface area contributed by atoms with Crippen molar-refractivity contribution < 1.29 is 24.7 Å². The van der Waals surface area contributed by atoms with Gasteiger partial charge < -0.3 is 0 Å². The molecule has 0 heterocycles. The van der Waals surface area contributed by atoms with Crippen LogP contribution in [0, 0.1) is 5.92 Å².